The molecule has 1 aromatic carbocycles. The Balaban J connectivity index is 1.07. The first kappa shape index (κ1) is 24.2. The lowest BCUT2D eigenvalue weighted by atomic mass is 9.97. The van der Waals surface area contributed by atoms with Crippen LogP contribution in [0.1, 0.15) is 23.2 Å². The van der Waals surface area contributed by atoms with E-state index in [-0.39, 0.29) is 11.9 Å². The Kier molecular flexibility index (Phi) is 6.54. The van der Waals surface area contributed by atoms with Gasteiger partial charge in [0.2, 0.25) is 17.7 Å². The van der Waals surface area contributed by atoms with E-state index in [9.17, 15) is 4.79 Å². The SMILES string of the molecule is CNC(=O)c1ccc(N2CCN(CC3CCCN(c4nc(N)n5nc(-c6ccco6)nc5n4)C3)CC2)cc1. The first-order valence-corrected chi connectivity index (χ1v) is 13.1. The number of hydrogen-bond acceptors (Lipinski definition) is 10. The van der Waals surface area contributed by atoms with Gasteiger partial charge in [-0.05, 0) is 55.2 Å². The summed E-state index contributed by atoms with van der Waals surface area (Å²) in [5, 5.41) is 7.06. The lowest BCUT2D eigenvalue weighted by Crippen LogP contribution is -2.49. The normalized spacial score (nSPS) is 18.7. The molecule has 4 aromatic rings. The summed E-state index contributed by atoms with van der Waals surface area (Å²) in [6.45, 7) is 6.79. The van der Waals surface area contributed by atoms with Crippen LogP contribution in [0.4, 0.5) is 17.6 Å². The predicted octanol–water partition coefficient (Wildman–Crippen LogP) is 1.76. The molecule has 1 unspecified atom stereocenters. The second-order valence-corrected chi connectivity index (χ2v) is 9.87. The van der Waals surface area contributed by atoms with E-state index in [0.29, 0.717) is 34.8 Å². The molecule has 0 spiro atoms. The van der Waals surface area contributed by atoms with E-state index in [0.717, 1.165) is 57.9 Å². The number of aromatic nitrogens is 5. The molecule has 0 bridgehead atoms. The van der Waals surface area contributed by atoms with Crippen molar-refractivity contribution in [1.29, 1.82) is 0 Å². The van der Waals surface area contributed by atoms with Crippen molar-refractivity contribution in [3.05, 3.63) is 48.2 Å². The molecule has 5 heterocycles. The highest BCUT2D eigenvalue weighted by atomic mass is 16.3. The smallest absolute Gasteiger partial charge is 0.259 e. The van der Waals surface area contributed by atoms with Crippen molar-refractivity contribution in [2.45, 2.75) is 12.8 Å². The number of piperazine rings is 1. The molecule has 6 rings (SSSR count). The van der Waals surface area contributed by atoms with Crippen LogP contribution in [0, 0.1) is 5.92 Å². The van der Waals surface area contributed by atoms with Crippen LogP contribution in [0.5, 0.6) is 0 Å². The van der Waals surface area contributed by atoms with Gasteiger partial charge in [0.25, 0.3) is 11.7 Å². The summed E-state index contributed by atoms with van der Waals surface area (Å²) in [5.41, 5.74) is 8.07. The quantitative estimate of drug-likeness (QED) is 0.390. The Morgan fingerprint density at radius 3 is 2.61 bits per heavy atom. The lowest BCUT2D eigenvalue weighted by Gasteiger charge is -2.40. The predicted molar refractivity (Wildman–Crippen MR) is 144 cm³/mol. The van der Waals surface area contributed by atoms with Crippen LogP contribution >= 0.6 is 0 Å². The summed E-state index contributed by atoms with van der Waals surface area (Å²) in [6.07, 6.45) is 3.85. The minimum Gasteiger partial charge on any atom is -0.461 e. The molecular formula is C26H32N10O2. The van der Waals surface area contributed by atoms with Crippen molar-refractivity contribution in [1.82, 2.24) is 34.8 Å². The standard InChI is InChI=1S/C26H32N10O2/c1-28-23(37)19-6-8-20(9-7-19)34-13-11-33(12-14-34)16-18-4-2-10-35(17-18)25-30-24(27)36-26(31-25)29-22(32-36)21-5-3-15-38-21/h3,5-9,15,18H,2,4,10-14,16-17H2,1H3,(H,28,37)(H2,27,29,30,31,32). The van der Waals surface area contributed by atoms with E-state index in [1.54, 1.807) is 25.4 Å². The molecule has 3 aromatic heterocycles. The van der Waals surface area contributed by atoms with Crippen LogP contribution in [-0.4, -0.2) is 88.2 Å². The highest BCUT2D eigenvalue weighted by Crippen LogP contribution is 2.25. The second kappa shape index (κ2) is 10.3. The minimum atomic E-state index is -0.0593. The van der Waals surface area contributed by atoms with Gasteiger partial charge in [0.05, 0.1) is 6.26 Å². The zero-order chi connectivity index (χ0) is 26.1. The third-order valence-corrected chi connectivity index (χ3v) is 7.38. The van der Waals surface area contributed by atoms with Crippen LogP contribution in [-0.2, 0) is 0 Å². The van der Waals surface area contributed by atoms with Gasteiger partial charge >= 0.3 is 0 Å². The first-order chi connectivity index (χ1) is 18.6. The third kappa shape index (κ3) is 4.86. The van der Waals surface area contributed by atoms with Crippen molar-refractivity contribution < 1.29 is 9.21 Å². The molecule has 38 heavy (non-hydrogen) atoms. The number of amides is 1. The van der Waals surface area contributed by atoms with Crippen LogP contribution in [0.15, 0.2) is 47.1 Å². The van der Waals surface area contributed by atoms with E-state index in [1.165, 1.54) is 10.9 Å². The van der Waals surface area contributed by atoms with Crippen LogP contribution in [0.25, 0.3) is 17.4 Å². The van der Waals surface area contributed by atoms with Crippen LogP contribution in [0.2, 0.25) is 0 Å². The van der Waals surface area contributed by atoms with Crippen molar-refractivity contribution in [3.63, 3.8) is 0 Å². The Labute approximate surface area is 220 Å². The maximum atomic E-state index is 11.8. The molecule has 1 amide bonds. The van der Waals surface area contributed by atoms with Gasteiger partial charge in [-0.3, -0.25) is 9.69 Å². The van der Waals surface area contributed by atoms with Gasteiger partial charge in [0, 0.05) is 64.1 Å². The number of piperidine rings is 1. The number of carbonyl (C=O) groups excluding carboxylic acids is 1. The number of nitrogens with zero attached hydrogens (tertiary/aromatic N) is 8. The van der Waals surface area contributed by atoms with Crippen molar-refractivity contribution >= 4 is 29.3 Å². The number of benzene rings is 1. The lowest BCUT2D eigenvalue weighted by molar-refractivity contribution is 0.0963. The van der Waals surface area contributed by atoms with Crippen molar-refractivity contribution in [2.24, 2.45) is 5.92 Å². The van der Waals surface area contributed by atoms with E-state index >= 15 is 0 Å². The molecule has 12 heteroatoms. The Morgan fingerprint density at radius 1 is 1.05 bits per heavy atom. The molecule has 2 fully saturated rings. The molecular weight excluding hydrogens is 484 g/mol. The number of nitrogens with one attached hydrogen (secondary N) is 1. The van der Waals surface area contributed by atoms with Crippen molar-refractivity contribution in [3.8, 4) is 11.6 Å². The Bertz CT molecular complexity index is 1390. The summed E-state index contributed by atoms with van der Waals surface area (Å²) in [4.78, 5) is 32.7. The topological polar surface area (TPSA) is 134 Å². The van der Waals surface area contributed by atoms with Gasteiger partial charge in [-0.25, -0.2) is 0 Å². The molecule has 1 atom stereocenters. The van der Waals surface area contributed by atoms with E-state index in [4.69, 9.17) is 10.2 Å². The van der Waals surface area contributed by atoms with Crippen LogP contribution < -0.4 is 20.9 Å². The molecule has 0 radical (unpaired) electrons. The number of nitrogen functional groups attached to an aromatic ring is 1. The highest BCUT2D eigenvalue weighted by Gasteiger charge is 2.27. The van der Waals surface area contributed by atoms with E-state index in [2.05, 4.69) is 40.1 Å². The fourth-order valence-corrected chi connectivity index (χ4v) is 5.36. The van der Waals surface area contributed by atoms with Gasteiger partial charge in [0.15, 0.2) is 5.76 Å². The number of carbonyl (C=O) groups is 1. The molecule has 2 saturated heterocycles. The van der Waals surface area contributed by atoms with Gasteiger partial charge < -0.3 is 25.3 Å². The monoisotopic (exact) mass is 516 g/mol. The average molecular weight is 517 g/mol. The van der Waals surface area contributed by atoms with E-state index in [1.807, 2.05) is 24.3 Å². The molecule has 0 aliphatic carbocycles. The second-order valence-electron chi connectivity index (χ2n) is 9.87. The number of nitrogens with two attached hydrogens (primary N) is 1. The average Bonchev–Trinajstić information content (AvgIpc) is 3.64. The summed E-state index contributed by atoms with van der Waals surface area (Å²) >= 11 is 0. The Morgan fingerprint density at radius 2 is 1.87 bits per heavy atom. The maximum absolute atomic E-state index is 11.8. The molecule has 0 saturated carbocycles. The van der Waals surface area contributed by atoms with E-state index < -0.39 is 0 Å². The minimum absolute atomic E-state index is 0.0593. The maximum Gasteiger partial charge on any atom is 0.259 e. The molecule has 12 nitrogen and oxygen atoms in total. The zero-order valence-electron chi connectivity index (χ0n) is 21.5. The number of rotatable bonds is 6. The van der Waals surface area contributed by atoms with Crippen molar-refractivity contribution in [2.75, 3.05) is 68.4 Å². The van der Waals surface area contributed by atoms with Gasteiger partial charge in [-0.15, -0.1) is 5.10 Å². The number of fused-ring (bicyclic) bond motifs is 1. The molecule has 2 aliphatic heterocycles. The molecule has 2 aliphatic rings. The van der Waals surface area contributed by atoms with Crippen LogP contribution in [0.3, 0.4) is 0 Å². The number of furan rings is 1. The Hall–Kier alpha value is -4.19. The van der Waals surface area contributed by atoms with Gasteiger partial charge in [0.1, 0.15) is 0 Å². The largest absolute Gasteiger partial charge is 0.461 e. The van der Waals surface area contributed by atoms with Gasteiger partial charge in [-0.1, -0.05) is 0 Å². The summed E-state index contributed by atoms with van der Waals surface area (Å²) < 4.78 is 6.86. The molecule has 198 valence electrons. The number of hydrogen-bond donors (Lipinski definition) is 2. The zero-order valence-corrected chi connectivity index (χ0v) is 21.5. The first-order valence-electron chi connectivity index (χ1n) is 13.1. The fraction of sp³-hybridized carbons (Fsp3) is 0.423. The summed E-state index contributed by atoms with van der Waals surface area (Å²) in [5.74, 6) is 2.75. The number of anilines is 3. The fourth-order valence-electron chi connectivity index (χ4n) is 5.36. The summed E-state index contributed by atoms with van der Waals surface area (Å²) in [6, 6.07) is 11.4. The third-order valence-electron chi connectivity index (χ3n) is 7.38. The molecule has 3 N–H and O–H groups in total. The van der Waals surface area contributed by atoms with Gasteiger partial charge in [-0.2, -0.15) is 19.5 Å². The summed E-state index contributed by atoms with van der Waals surface area (Å²) in [7, 11) is 1.65. The highest BCUT2D eigenvalue weighted by molar-refractivity contribution is 5.94.